The standard InChI is InChI=1S/C12H19BrN2O2S/c1-4-9(2)8-15(3)18(16,17)12-6-5-10(13)7-11(12)14/h5-7,9H,4,8,14H2,1-3H3. The normalized spacial score (nSPS) is 13.8. The van der Waals surface area contributed by atoms with E-state index in [0.717, 1.165) is 10.9 Å². The molecule has 0 saturated heterocycles. The van der Waals surface area contributed by atoms with Crippen molar-refractivity contribution in [1.29, 1.82) is 0 Å². The molecule has 0 radical (unpaired) electrons. The Labute approximate surface area is 117 Å². The summed E-state index contributed by atoms with van der Waals surface area (Å²) < 4.78 is 26.8. The zero-order chi connectivity index (χ0) is 13.9. The highest BCUT2D eigenvalue weighted by atomic mass is 79.9. The molecule has 0 heterocycles. The summed E-state index contributed by atoms with van der Waals surface area (Å²) >= 11 is 3.26. The molecular weight excluding hydrogens is 316 g/mol. The van der Waals surface area contributed by atoms with Gasteiger partial charge in [-0.1, -0.05) is 36.2 Å². The first-order chi connectivity index (χ1) is 8.28. The van der Waals surface area contributed by atoms with Crippen molar-refractivity contribution in [1.82, 2.24) is 4.31 Å². The van der Waals surface area contributed by atoms with Gasteiger partial charge in [0.1, 0.15) is 4.90 Å². The van der Waals surface area contributed by atoms with Crippen molar-refractivity contribution >= 4 is 31.6 Å². The van der Waals surface area contributed by atoms with Crippen LogP contribution in [-0.4, -0.2) is 26.3 Å². The highest BCUT2D eigenvalue weighted by molar-refractivity contribution is 9.10. The van der Waals surface area contributed by atoms with Gasteiger partial charge >= 0.3 is 0 Å². The summed E-state index contributed by atoms with van der Waals surface area (Å²) in [4.78, 5) is 0.163. The molecule has 4 nitrogen and oxygen atoms in total. The van der Waals surface area contributed by atoms with Crippen LogP contribution in [0.4, 0.5) is 5.69 Å². The molecule has 6 heteroatoms. The first kappa shape index (κ1) is 15.5. The van der Waals surface area contributed by atoms with Crippen molar-refractivity contribution in [2.75, 3.05) is 19.3 Å². The van der Waals surface area contributed by atoms with Gasteiger partial charge in [0.25, 0.3) is 0 Å². The maximum atomic E-state index is 12.3. The second-order valence-corrected chi connectivity index (χ2v) is 7.41. The van der Waals surface area contributed by atoms with Gasteiger partial charge in [0.05, 0.1) is 5.69 Å². The Morgan fingerprint density at radius 1 is 1.44 bits per heavy atom. The van der Waals surface area contributed by atoms with Crippen molar-refractivity contribution in [3.63, 3.8) is 0 Å². The van der Waals surface area contributed by atoms with E-state index in [0.29, 0.717) is 12.5 Å². The van der Waals surface area contributed by atoms with Crippen LogP contribution < -0.4 is 5.73 Å². The Morgan fingerprint density at radius 3 is 2.56 bits per heavy atom. The van der Waals surface area contributed by atoms with E-state index in [1.807, 2.05) is 13.8 Å². The predicted molar refractivity (Wildman–Crippen MR) is 77.8 cm³/mol. The highest BCUT2D eigenvalue weighted by Gasteiger charge is 2.24. The summed E-state index contributed by atoms with van der Waals surface area (Å²) in [7, 11) is -1.92. The first-order valence-electron chi connectivity index (χ1n) is 5.80. The van der Waals surface area contributed by atoms with Crippen molar-refractivity contribution in [2.24, 2.45) is 5.92 Å². The van der Waals surface area contributed by atoms with Gasteiger partial charge < -0.3 is 5.73 Å². The number of nitrogens with zero attached hydrogens (tertiary/aromatic N) is 1. The minimum atomic E-state index is -3.50. The van der Waals surface area contributed by atoms with Gasteiger partial charge in [-0.3, -0.25) is 0 Å². The molecule has 0 saturated carbocycles. The molecular formula is C12H19BrN2O2S. The smallest absolute Gasteiger partial charge is 0.244 e. The Morgan fingerprint density at radius 2 is 2.06 bits per heavy atom. The van der Waals surface area contributed by atoms with Crippen LogP contribution in [-0.2, 0) is 10.0 Å². The lowest BCUT2D eigenvalue weighted by Gasteiger charge is -2.21. The molecule has 1 unspecified atom stereocenters. The van der Waals surface area contributed by atoms with Crippen molar-refractivity contribution in [3.8, 4) is 0 Å². The largest absolute Gasteiger partial charge is 0.398 e. The Kier molecular flexibility index (Phi) is 5.19. The van der Waals surface area contributed by atoms with Crippen molar-refractivity contribution in [2.45, 2.75) is 25.2 Å². The van der Waals surface area contributed by atoms with Crippen LogP contribution in [0.5, 0.6) is 0 Å². The van der Waals surface area contributed by atoms with Crippen molar-refractivity contribution < 1.29 is 8.42 Å². The Balaban J connectivity index is 3.06. The van der Waals surface area contributed by atoms with Crippen molar-refractivity contribution in [3.05, 3.63) is 22.7 Å². The fraction of sp³-hybridized carbons (Fsp3) is 0.500. The molecule has 1 atom stereocenters. The monoisotopic (exact) mass is 334 g/mol. The molecule has 0 amide bonds. The topological polar surface area (TPSA) is 63.4 Å². The summed E-state index contributed by atoms with van der Waals surface area (Å²) in [6.45, 7) is 4.56. The third kappa shape index (κ3) is 3.46. The van der Waals surface area contributed by atoms with E-state index in [1.165, 1.54) is 10.4 Å². The zero-order valence-corrected chi connectivity index (χ0v) is 13.3. The molecule has 1 aromatic rings. The van der Waals surface area contributed by atoms with Gasteiger partial charge in [-0.2, -0.15) is 0 Å². The summed E-state index contributed by atoms with van der Waals surface area (Å²) in [5, 5.41) is 0. The summed E-state index contributed by atoms with van der Waals surface area (Å²) in [5.74, 6) is 0.321. The number of halogens is 1. The number of nitrogen functional groups attached to an aromatic ring is 1. The summed E-state index contributed by atoms with van der Waals surface area (Å²) in [5.41, 5.74) is 6.04. The van der Waals surface area contributed by atoms with Gasteiger partial charge in [0.15, 0.2) is 0 Å². The molecule has 0 fully saturated rings. The SMILES string of the molecule is CCC(C)CN(C)S(=O)(=O)c1ccc(Br)cc1N. The molecule has 0 aliphatic rings. The van der Waals surface area contributed by atoms with Gasteiger partial charge in [0, 0.05) is 18.1 Å². The van der Waals surface area contributed by atoms with Crippen LogP contribution in [0.15, 0.2) is 27.6 Å². The van der Waals surface area contributed by atoms with E-state index in [2.05, 4.69) is 15.9 Å². The number of benzene rings is 1. The molecule has 0 aromatic heterocycles. The number of hydrogen-bond donors (Lipinski definition) is 1. The van der Waals surface area contributed by atoms with Gasteiger partial charge in [-0.05, 0) is 24.1 Å². The first-order valence-corrected chi connectivity index (χ1v) is 8.03. The third-order valence-electron chi connectivity index (χ3n) is 2.93. The molecule has 0 bridgehead atoms. The maximum absolute atomic E-state index is 12.3. The lowest BCUT2D eigenvalue weighted by Crippen LogP contribution is -2.31. The molecule has 1 aromatic carbocycles. The number of anilines is 1. The Bertz CT molecular complexity index is 517. The van der Waals surface area contributed by atoms with E-state index >= 15 is 0 Å². The van der Waals surface area contributed by atoms with E-state index in [1.54, 1.807) is 19.2 Å². The number of hydrogen-bond acceptors (Lipinski definition) is 3. The predicted octanol–water partition coefficient (Wildman–Crippen LogP) is 2.70. The molecule has 2 N–H and O–H groups in total. The average molecular weight is 335 g/mol. The van der Waals surface area contributed by atoms with Crippen LogP contribution >= 0.6 is 15.9 Å². The van der Waals surface area contributed by atoms with E-state index in [-0.39, 0.29) is 10.6 Å². The van der Waals surface area contributed by atoms with Crippen LogP contribution in [0.2, 0.25) is 0 Å². The van der Waals surface area contributed by atoms with Crippen LogP contribution in [0.1, 0.15) is 20.3 Å². The minimum Gasteiger partial charge on any atom is -0.398 e. The van der Waals surface area contributed by atoms with Crippen LogP contribution in [0.3, 0.4) is 0 Å². The molecule has 102 valence electrons. The maximum Gasteiger partial charge on any atom is 0.244 e. The quantitative estimate of drug-likeness (QED) is 0.842. The van der Waals surface area contributed by atoms with E-state index in [9.17, 15) is 8.42 Å². The molecule has 0 spiro atoms. The van der Waals surface area contributed by atoms with E-state index in [4.69, 9.17) is 5.73 Å². The number of nitrogens with two attached hydrogens (primary N) is 1. The van der Waals surface area contributed by atoms with Gasteiger partial charge in [-0.15, -0.1) is 0 Å². The molecule has 0 aliphatic heterocycles. The fourth-order valence-electron chi connectivity index (χ4n) is 1.59. The third-order valence-corrected chi connectivity index (χ3v) is 5.32. The number of sulfonamides is 1. The lowest BCUT2D eigenvalue weighted by molar-refractivity contribution is 0.394. The molecule has 0 aliphatic carbocycles. The average Bonchev–Trinajstić information content (AvgIpc) is 2.28. The second-order valence-electron chi connectivity index (χ2n) is 4.48. The van der Waals surface area contributed by atoms with Gasteiger partial charge in [-0.25, -0.2) is 12.7 Å². The molecule has 1 rings (SSSR count). The second kappa shape index (κ2) is 6.04. The zero-order valence-electron chi connectivity index (χ0n) is 10.9. The van der Waals surface area contributed by atoms with Gasteiger partial charge in [0.2, 0.25) is 10.0 Å². The highest BCUT2D eigenvalue weighted by Crippen LogP contribution is 2.25. The molecule has 18 heavy (non-hydrogen) atoms. The van der Waals surface area contributed by atoms with Crippen LogP contribution in [0.25, 0.3) is 0 Å². The summed E-state index contributed by atoms with van der Waals surface area (Å²) in [6, 6.07) is 4.81. The Hall–Kier alpha value is -0.590. The lowest BCUT2D eigenvalue weighted by atomic mass is 10.1. The fourth-order valence-corrected chi connectivity index (χ4v) is 3.35. The summed E-state index contributed by atoms with van der Waals surface area (Å²) in [6.07, 6.45) is 0.940. The van der Waals surface area contributed by atoms with Crippen LogP contribution in [0, 0.1) is 5.92 Å². The van der Waals surface area contributed by atoms with E-state index < -0.39 is 10.0 Å². The minimum absolute atomic E-state index is 0.163. The number of rotatable bonds is 5.